The first kappa shape index (κ1) is 21.7. The molecule has 1 aliphatic rings. The third-order valence-corrected chi connectivity index (χ3v) is 5.44. The molecule has 0 unspecified atom stereocenters. The molecule has 25 heavy (non-hydrogen) atoms. The standard InChI is InChI=1S/C16H31N3O5S/c1-4-6-7-10-19(25(3,22)23)13-15(20)17-14-8-11-18(12-9-14)16(21)24-5-2/h14H,4-13H2,1-3H3,(H,17,20). The summed E-state index contributed by atoms with van der Waals surface area (Å²) in [6.07, 6.45) is 4.74. The zero-order valence-electron chi connectivity index (χ0n) is 15.5. The van der Waals surface area contributed by atoms with E-state index in [9.17, 15) is 18.0 Å². The van der Waals surface area contributed by atoms with Gasteiger partial charge < -0.3 is 15.0 Å². The predicted molar refractivity (Wildman–Crippen MR) is 95.7 cm³/mol. The van der Waals surface area contributed by atoms with Gasteiger partial charge in [0.25, 0.3) is 0 Å². The third kappa shape index (κ3) is 8.04. The van der Waals surface area contributed by atoms with Crippen LogP contribution in [0, 0.1) is 0 Å². The van der Waals surface area contributed by atoms with Gasteiger partial charge in [0.1, 0.15) is 0 Å². The van der Waals surface area contributed by atoms with Gasteiger partial charge in [0.05, 0.1) is 19.4 Å². The van der Waals surface area contributed by atoms with Crippen molar-refractivity contribution in [2.45, 2.75) is 52.0 Å². The number of hydrogen-bond acceptors (Lipinski definition) is 5. The average molecular weight is 378 g/mol. The Morgan fingerprint density at radius 3 is 2.36 bits per heavy atom. The van der Waals surface area contributed by atoms with Gasteiger partial charge in [-0.25, -0.2) is 13.2 Å². The van der Waals surface area contributed by atoms with Crippen LogP contribution in [0.2, 0.25) is 0 Å². The molecule has 0 atom stereocenters. The minimum absolute atomic E-state index is 0.0461. The van der Waals surface area contributed by atoms with E-state index in [4.69, 9.17) is 4.74 Å². The van der Waals surface area contributed by atoms with Gasteiger partial charge >= 0.3 is 6.09 Å². The molecular formula is C16H31N3O5S. The number of sulfonamides is 1. The van der Waals surface area contributed by atoms with Crippen LogP contribution in [0.1, 0.15) is 46.0 Å². The topological polar surface area (TPSA) is 96.0 Å². The van der Waals surface area contributed by atoms with Gasteiger partial charge in [-0.3, -0.25) is 4.79 Å². The largest absolute Gasteiger partial charge is 0.450 e. The molecule has 146 valence electrons. The van der Waals surface area contributed by atoms with Crippen LogP contribution >= 0.6 is 0 Å². The monoisotopic (exact) mass is 377 g/mol. The van der Waals surface area contributed by atoms with Gasteiger partial charge in [-0.2, -0.15) is 4.31 Å². The normalized spacial score (nSPS) is 16.1. The van der Waals surface area contributed by atoms with Gasteiger partial charge in [0, 0.05) is 25.7 Å². The van der Waals surface area contributed by atoms with Crippen LogP contribution in [-0.2, 0) is 19.6 Å². The fourth-order valence-corrected chi connectivity index (χ4v) is 3.57. The van der Waals surface area contributed by atoms with Gasteiger partial charge in [0.15, 0.2) is 0 Å². The number of nitrogens with zero attached hydrogens (tertiary/aromatic N) is 2. The molecule has 1 heterocycles. The Bertz CT molecular complexity index is 530. The number of piperidine rings is 1. The van der Waals surface area contributed by atoms with E-state index in [2.05, 4.69) is 5.32 Å². The van der Waals surface area contributed by atoms with E-state index in [-0.39, 0.29) is 24.6 Å². The van der Waals surface area contributed by atoms with Gasteiger partial charge in [-0.1, -0.05) is 19.8 Å². The molecule has 0 saturated carbocycles. The molecule has 1 rings (SSSR count). The highest BCUT2D eigenvalue weighted by Crippen LogP contribution is 2.12. The summed E-state index contributed by atoms with van der Waals surface area (Å²) >= 11 is 0. The number of nitrogens with one attached hydrogen (secondary N) is 1. The quantitative estimate of drug-likeness (QED) is 0.609. The number of carbonyl (C=O) groups excluding carboxylic acids is 2. The molecule has 0 bridgehead atoms. The molecular weight excluding hydrogens is 346 g/mol. The fourth-order valence-electron chi connectivity index (χ4n) is 2.75. The SMILES string of the molecule is CCCCCN(CC(=O)NC1CCN(C(=O)OCC)CC1)S(C)(=O)=O. The van der Waals surface area contributed by atoms with Crippen LogP contribution in [0.15, 0.2) is 0 Å². The molecule has 0 aromatic carbocycles. The second kappa shape index (κ2) is 10.6. The second-order valence-electron chi connectivity index (χ2n) is 6.33. The van der Waals surface area contributed by atoms with Crippen LogP contribution in [0.25, 0.3) is 0 Å². The minimum atomic E-state index is -3.40. The summed E-state index contributed by atoms with van der Waals surface area (Å²) in [4.78, 5) is 25.5. The molecule has 0 spiro atoms. The Morgan fingerprint density at radius 2 is 1.84 bits per heavy atom. The highest BCUT2D eigenvalue weighted by atomic mass is 32.2. The van der Waals surface area contributed by atoms with E-state index < -0.39 is 10.0 Å². The Kier molecular flexibility index (Phi) is 9.20. The molecule has 1 fully saturated rings. The molecule has 1 N–H and O–H groups in total. The summed E-state index contributed by atoms with van der Waals surface area (Å²) < 4.78 is 29.8. The van der Waals surface area contributed by atoms with E-state index in [0.29, 0.717) is 39.1 Å². The molecule has 0 aromatic rings. The van der Waals surface area contributed by atoms with Crippen molar-refractivity contribution in [3.05, 3.63) is 0 Å². The Morgan fingerprint density at radius 1 is 1.20 bits per heavy atom. The highest BCUT2D eigenvalue weighted by molar-refractivity contribution is 7.88. The summed E-state index contributed by atoms with van der Waals surface area (Å²) in [6.45, 7) is 5.40. The number of likely N-dealkylation sites (tertiary alicyclic amines) is 1. The van der Waals surface area contributed by atoms with Crippen LogP contribution < -0.4 is 5.32 Å². The summed E-state index contributed by atoms with van der Waals surface area (Å²) in [7, 11) is -3.40. The number of rotatable bonds is 9. The van der Waals surface area contributed by atoms with Crippen molar-refractivity contribution in [2.75, 3.05) is 39.0 Å². The van der Waals surface area contributed by atoms with Crippen LogP contribution in [0.5, 0.6) is 0 Å². The molecule has 0 radical (unpaired) electrons. The van der Waals surface area contributed by atoms with Crippen LogP contribution in [0.3, 0.4) is 0 Å². The predicted octanol–water partition coefficient (Wildman–Crippen LogP) is 1.18. The first-order valence-electron chi connectivity index (χ1n) is 8.94. The number of carbonyl (C=O) groups is 2. The Balaban J connectivity index is 2.43. The molecule has 0 aromatic heterocycles. The number of amides is 2. The van der Waals surface area contributed by atoms with Crippen molar-refractivity contribution in [3.8, 4) is 0 Å². The maximum atomic E-state index is 12.2. The first-order valence-corrected chi connectivity index (χ1v) is 10.8. The summed E-state index contributed by atoms with van der Waals surface area (Å²) in [6, 6.07) is -0.0461. The van der Waals surface area contributed by atoms with Crippen molar-refractivity contribution >= 4 is 22.0 Å². The third-order valence-electron chi connectivity index (χ3n) is 4.19. The summed E-state index contributed by atoms with van der Waals surface area (Å²) in [5.74, 6) is -0.295. The number of ether oxygens (including phenoxy) is 1. The van der Waals surface area contributed by atoms with Crippen molar-refractivity contribution in [1.82, 2.24) is 14.5 Å². The van der Waals surface area contributed by atoms with E-state index in [1.165, 1.54) is 4.31 Å². The van der Waals surface area contributed by atoms with E-state index in [1.54, 1.807) is 11.8 Å². The lowest BCUT2D eigenvalue weighted by atomic mass is 10.1. The van der Waals surface area contributed by atoms with Crippen molar-refractivity contribution in [3.63, 3.8) is 0 Å². The molecule has 1 aliphatic heterocycles. The van der Waals surface area contributed by atoms with Crippen molar-refractivity contribution < 1.29 is 22.7 Å². The lowest BCUT2D eigenvalue weighted by Crippen LogP contribution is -2.49. The van der Waals surface area contributed by atoms with E-state index >= 15 is 0 Å². The highest BCUT2D eigenvalue weighted by Gasteiger charge is 2.26. The Labute approximate surface area is 150 Å². The summed E-state index contributed by atoms with van der Waals surface area (Å²) in [5.41, 5.74) is 0. The summed E-state index contributed by atoms with van der Waals surface area (Å²) in [5, 5.41) is 2.88. The van der Waals surface area contributed by atoms with Gasteiger partial charge in [-0.15, -0.1) is 0 Å². The molecule has 0 aliphatic carbocycles. The van der Waals surface area contributed by atoms with Crippen LogP contribution in [-0.4, -0.2) is 74.7 Å². The van der Waals surface area contributed by atoms with E-state index in [1.807, 2.05) is 6.92 Å². The average Bonchev–Trinajstić information content (AvgIpc) is 2.54. The zero-order chi connectivity index (χ0) is 18.9. The van der Waals surface area contributed by atoms with Crippen LogP contribution in [0.4, 0.5) is 4.79 Å². The van der Waals surface area contributed by atoms with Gasteiger partial charge in [-0.05, 0) is 26.2 Å². The smallest absolute Gasteiger partial charge is 0.409 e. The Hall–Kier alpha value is -1.35. The zero-order valence-corrected chi connectivity index (χ0v) is 16.3. The van der Waals surface area contributed by atoms with E-state index in [0.717, 1.165) is 25.5 Å². The number of unbranched alkanes of at least 4 members (excludes halogenated alkanes) is 2. The fraction of sp³-hybridized carbons (Fsp3) is 0.875. The second-order valence-corrected chi connectivity index (χ2v) is 8.31. The van der Waals surface area contributed by atoms with Crippen molar-refractivity contribution in [1.29, 1.82) is 0 Å². The number of hydrogen-bond donors (Lipinski definition) is 1. The molecule has 8 nitrogen and oxygen atoms in total. The molecule has 9 heteroatoms. The lowest BCUT2D eigenvalue weighted by Gasteiger charge is -2.32. The maximum absolute atomic E-state index is 12.2. The first-order chi connectivity index (χ1) is 11.8. The lowest BCUT2D eigenvalue weighted by molar-refractivity contribution is -0.122. The van der Waals surface area contributed by atoms with Crippen molar-refractivity contribution in [2.24, 2.45) is 0 Å². The molecule has 2 amide bonds. The maximum Gasteiger partial charge on any atom is 0.409 e. The molecule has 1 saturated heterocycles. The van der Waals surface area contributed by atoms with Gasteiger partial charge in [0.2, 0.25) is 15.9 Å². The minimum Gasteiger partial charge on any atom is -0.450 e.